The summed E-state index contributed by atoms with van der Waals surface area (Å²) in [6.45, 7) is 1.92. The number of aromatic amines is 1. The number of aromatic nitrogens is 5. The van der Waals surface area contributed by atoms with E-state index in [1.165, 1.54) is 0 Å². The Morgan fingerprint density at radius 1 is 1.35 bits per heavy atom. The summed E-state index contributed by atoms with van der Waals surface area (Å²) in [6, 6.07) is 3.61. The zero-order valence-corrected chi connectivity index (χ0v) is 17.1. The Hall–Kier alpha value is -3.17. The van der Waals surface area contributed by atoms with Gasteiger partial charge in [-0.1, -0.05) is 0 Å². The van der Waals surface area contributed by atoms with E-state index >= 15 is 4.39 Å². The fourth-order valence-electron chi connectivity index (χ4n) is 5.23. The zero-order chi connectivity index (χ0) is 21.2. The lowest BCUT2D eigenvalue weighted by atomic mass is 9.50. The second-order valence-corrected chi connectivity index (χ2v) is 9.17. The van der Waals surface area contributed by atoms with Crippen molar-refractivity contribution in [2.45, 2.75) is 62.8 Å². The Kier molecular flexibility index (Phi) is 4.00. The fourth-order valence-corrected chi connectivity index (χ4v) is 5.23. The zero-order valence-electron chi connectivity index (χ0n) is 17.1. The highest BCUT2D eigenvalue weighted by molar-refractivity contribution is 5.69. The largest absolute Gasteiger partial charge is 0.443 e. The molecule has 0 radical (unpaired) electrons. The molecule has 0 aliphatic heterocycles. The normalized spacial score (nSPS) is 31.2. The van der Waals surface area contributed by atoms with Gasteiger partial charge >= 0.3 is 6.09 Å². The van der Waals surface area contributed by atoms with Gasteiger partial charge in [0.05, 0.1) is 5.69 Å². The molecule has 162 valence electrons. The van der Waals surface area contributed by atoms with E-state index < -0.39 is 24.3 Å². The van der Waals surface area contributed by atoms with Gasteiger partial charge in [0.25, 0.3) is 0 Å². The van der Waals surface area contributed by atoms with Crippen LogP contribution in [0, 0.1) is 12.8 Å². The number of carbonyl (C=O) groups excluding carboxylic acids is 1. The van der Waals surface area contributed by atoms with Crippen molar-refractivity contribution < 1.29 is 13.9 Å². The van der Waals surface area contributed by atoms with Crippen molar-refractivity contribution in [3.05, 3.63) is 35.9 Å². The Morgan fingerprint density at radius 3 is 2.97 bits per heavy atom. The number of nitrogens with zero attached hydrogens (tertiary/aromatic N) is 4. The van der Waals surface area contributed by atoms with Crippen LogP contribution >= 0.6 is 0 Å². The van der Waals surface area contributed by atoms with Crippen molar-refractivity contribution >= 4 is 23.5 Å². The number of halogens is 1. The maximum Gasteiger partial charge on any atom is 0.407 e. The Balaban J connectivity index is 1.11. The van der Waals surface area contributed by atoms with E-state index in [-0.39, 0.29) is 5.54 Å². The molecular weight excluding hydrogens is 401 g/mol. The van der Waals surface area contributed by atoms with Crippen molar-refractivity contribution in [3.63, 3.8) is 0 Å². The molecule has 3 aromatic rings. The minimum absolute atomic E-state index is 0.0693. The highest BCUT2D eigenvalue weighted by Gasteiger charge is 2.58. The van der Waals surface area contributed by atoms with Crippen LogP contribution in [0.3, 0.4) is 0 Å². The van der Waals surface area contributed by atoms with Crippen LogP contribution in [0.2, 0.25) is 0 Å². The molecule has 0 unspecified atom stereocenters. The van der Waals surface area contributed by atoms with Gasteiger partial charge in [0.1, 0.15) is 17.9 Å². The Morgan fingerprint density at radius 2 is 2.19 bits per heavy atom. The minimum Gasteiger partial charge on any atom is -0.443 e. The minimum atomic E-state index is -1.27. The van der Waals surface area contributed by atoms with E-state index in [9.17, 15) is 4.79 Å². The van der Waals surface area contributed by atoms with E-state index in [1.807, 2.05) is 23.6 Å². The number of alkyl carbamates (subject to hydrolysis) is 1. The average Bonchev–Trinajstić information content (AvgIpc) is 3.37. The molecule has 3 atom stereocenters. The van der Waals surface area contributed by atoms with Crippen LogP contribution in [0.25, 0.3) is 5.65 Å². The van der Waals surface area contributed by atoms with Crippen molar-refractivity contribution in [2.24, 2.45) is 5.92 Å². The summed E-state index contributed by atoms with van der Waals surface area (Å²) in [6.07, 6.45) is 5.21. The summed E-state index contributed by atoms with van der Waals surface area (Å²) in [5.41, 5.74) is 2.27. The molecule has 0 aromatic carbocycles. The standard InChI is InChI=1S/C21H24FN7O2/c1-11-10-29-17(24-11)4-5-23-19(29)25-16-6-14(27-28-16)13-2-3-15(18(13)22)31-20(30)26-21-7-12(8-21)9-21/h4-6,10,12-13,15,18H,2-3,7-9H2,1H3,(H,26,30)(H2,23,25,27,28)/t12?,13-,15-,18-,21?/m1/s1. The summed E-state index contributed by atoms with van der Waals surface area (Å²) >= 11 is 0. The third-order valence-electron chi connectivity index (χ3n) is 6.90. The molecular formula is C21H24FN7O2. The number of amides is 1. The number of fused-ring (bicyclic) bond motifs is 1. The Labute approximate surface area is 177 Å². The van der Waals surface area contributed by atoms with Gasteiger partial charge < -0.3 is 15.4 Å². The molecule has 4 fully saturated rings. The number of anilines is 2. The summed E-state index contributed by atoms with van der Waals surface area (Å²) in [5.74, 6) is 1.48. The number of aryl methyl sites for hydroxylation is 1. The molecule has 1 amide bonds. The van der Waals surface area contributed by atoms with Gasteiger partial charge in [-0.25, -0.2) is 19.2 Å². The van der Waals surface area contributed by atoms with Crippen molar-refractivity contribution in [2.75, 3.05) is 5.32 Å². The number of ether oxygens (including phenoxy) is 1. The predicted octanol–water partition coefficient (Wildman–Crippen LogP) is 3.37. The molecule has 4 saturated carbocycles. The van der Waals surface area contributed by atoms with Gasteiger partial charge in [-0.05, 0) is 51.0 Å². The molecule has 3 heterocycles. The first-order valence-corrected chi connectivity index (χ1v) is 10.7. The lowest BCUT2D eigenvalue weighted by Gasteiger charge is -2.61. The van der Waals surface area contributed by atoms with Crippen molar-refractivity contribution in [1.29, 1.82) is 0 Å². The van der Waals surface area contributed by atoms with E-state index in [4.69, 9.17) is 4.74 Å². The summed E-state index contributed by atoms with van der Waals surface area (Å²) in [4.78, 5) is 21.0. The third-order valence-corrected chi connectivity index (χ3v) is 6.90. The lowest BCUT2D eigenvalue weighted by Crippen LogP contribution is -2.68. The average molecular weight is 425 g/mol. The summed E-state index contributed by atoms with van der Waals surface area (Å²) in [5, 5.41) is 13.3. The number of hydrogen-bond acceptors (Lipinski definition) is 6. The van der Waals surface area contributed by atoms with Crippen LogP contribution < -0.4 is 10.6 Å². The van der Waals surface area contributed by atoms with Gasteiger partial charge in [-0.2, -0.15) is 5.10 Å². The molecule has 2 bridgehead atoms. The van der Waals surface area contributed by atoms with Gasteiger partial charge in [0.15, 0.2) is 5.82 Å². The van der Waals surface area contributed by atoms with E-state index in [1.54, 1.807) is 12.3 Å². The number of nitrogens with one attached hydrogen (secondary N) is 3. The molecule has 3 N–H and O–H groups in total. The van der Waals surface area contributed by atoms with Gasteiger partial charge in [0, 0.05) is 35.6 Å². The van der Waals surface area contributed by atoms with Crippen LogP contribution in [-0.2, 0) is 4.74 Å². The first-order chi connectivity index (χ1) is 15.0. The number of alkyl halides is 1. The maximum atomic E-state index is 15.1. The number of H-pyrrole nitrogens is 1. The Bertz CT molecular complexity index is 1140. The van der Waals surface area contributed by atoms with Gasteiger partial charge in [-0.3, -0.25) is 9.50 Å². The SMILES string of the molecule is Cc1cn2c(Nc3cc([C@H]4CC[C@@H](OC(=O)NC56CC(C5)C6)[C@@H]4F)[nH]n3)nccc2n1. The first-order valence-electron chi connectivity index (χ1n) is 10.7. The number of imidazole rings is 1. The molecule has 4 aliphatic carbocycles. The van der Waals surface area contributed by atoms with Crippen LogP contribution in [0.5, 0.6) is 0 Å². The molecule has 7 rings (SSSR count). The third kappa shape index (κ3) is 3.12. The van der Waals surface area contributed by atoms with Crippen LogP contribution in [-0.4, -0.2) is 48.5 Å². The molecule has 3 aromatic heterocycles. The monoisotopic (exact) mass is 425 g/mol. The number of rotatable bonds is 5. The lowest BCUT2D eigenvalue weighted by molar-refractivity contribution is -0.0532. The second-order valence-electron chi connectivity index (χ2n) is 9.17. The summed E-state index contributed by atoms with van der Waals surface area (Å²) < 4.78 is 22.4. The molecule has 0 saturated heterocycles. The van der Waals surface area contributed by atoms with Gasteiger partial charge in [-0.15, -0.1) is 0 Å². The quantitative estimate of drug-likeness (QED) is 0.578. The van der Waals surface area contributed by atoms with E-state index in [0.717, 1.165) is 36.5 Å². The number of hydrogen-bond donors (Lipinski definition) is 3. The number of carbonyl (C=O) groups is 1. The predicted molar refractivity (Wildman–Crippen MR) is 110 cm³/mol. The van der Waals surface area contributed by atoms with Crippen molar-refractivity contribution in [1.82, 2.24) is 29.9 Å². The molecule has 4 aliphatic rings. The highest BCUT2D eigenvalue weighted by atomic mass is 19.1. The van der Waals surface area contributed by atoms with Crippen LogP contribution in [0.15, 0.2) is 24.5 Å². The molecule has 31 heavy (non-hydrogen) atoms. The molecule has 9 nitrogen and oxygen atoms in total. The van der Waals surface area contributed by atoms with Crippen LogP contribution in [0.1, 0.15) is 49.4 Å². The summed E-state index contributed by atoms with van der Waals surface area (Å²) in [7, 11) is 0. The maximum absolute atomic E-state index is 15.1. The van der Waals surface area contributed by atoms with Crippen molar-refractivity contribution in [3.8, 4) is 0 Å². The molecule has 0 spiro atoms. The van der Waals surface area contributed by atoms with Gasteiger partial charge in [0.2, 0.25) is 5.95 Å². The first kappa shape index (κ1) is 18.6. The van der Waals surface area contributed by atoms with Crippen LogP contribution in [0.4, 0.5) is 21.0 Å². The van der Waals surface area contributed by atoms with E-state index in [0.29, 0.717) is 30.3 Å². The highest BCUT2D eigenvalue weighted by Crippen LogP contribution is 2.57. The fraction of sp³-hybridized carbons (Fsp3) is 0.524. The van der Waals surface area contributed by atoms with E-state index in [2.05, 4.69) is 30.8 Å². The topological polar surface area (TPSA) is 109 Å². The second kappa shape index (κ2) is 6.66. The molecule has 10 heteroatoms. The smallest absolute Gasteiger partial charge is 0.407 e.